The molecule has 1 atom stereocenters. The largest absolute Gasteiger partial charge is 0.416 e. The summed E-state index contributed by atoms with van der Waals surface area (Å²) in [5, 5.41) is 14.8. The van der Waals surface area contributed by atoms with Crippen LogP contribution in [0.2, 0.25) is 0 Å². The van der Waals surface area contributed by atoms with Crippen LogP contribution in [0.25, 0.3) is 0 Å². The Balaban J connectivity index is 1.84. The van der Waals surface area contributed by atoms with Crippen LogP contribution in [0.3, 0.4) is 0 Å². The highest BCUT2D eigenvalue weighted by molar-refractivity contribution is 5.33. The highest BCUT2D eigenvalue weighted by Crippen LogP contribution is 2.38. The molecule has 26 heavy (non-hydrogen) atoms. The zero-order valence-corrected chi connectivity index (χ0v) is 14.8. The van der Waals surface area contributed by atoms with Gasteiger partial charge in [0, 0.05) is 32.2 Å². The predicted molar refractivity (Wildman–Crippen MR) is 88.4 cm³/mol. The van der Waals surface area contributed by atoms with Gasteiger partial charge in [-0.3, -0.25) is 0 Å². The van der Waals surface area contributed by atoms with Crippen LogP contribution in [0.15, 0.2) is 24.3 Å². The second-order valence-electron chi connectivity index (χ2n) is 6.73. The zero-order valence-electron chi connectivity index (χ0n) is 14.8. The average Bonchev–Trinajstić information content (AvgIpc) is 3.06. The van der Waals surface area contributed by atoms with Gasteiger partial charge in [-0.25, -0.2) is 4.68 Å². The van der Waals surface area contributed by atoms with E-state index in [1.165, 1.54) is 12.1 Å². The molecule has 3 rings (SSSR count). The fourth-order valence-electron chi connectivity index (χ4n) is 3.40. The number of nitrogens with one attached hydrogen (secondary N) is 1. The number of aromatic nitrogens is 4. The standard InChI is InChI=1S/C17H22F3N5O/c1-12(15-22-23-24-25(15)2)21-11-16(6-8-26-9-7-16)13-4-3-5-14(10-13)17(18,19)20/h3-5,10,12,21H,6-9,11H2,1-2H3. The van der Waals surface area contributed by atoms with Gasteiger partial charge in [-0.2, -0.15) is 13.2 Å². The number of hydrogen-bond donors (Lipinski definition) is 1. The van der Waals surface area contributed by atoms with Crippen LogP contribution in [0.1, 0.15) is 42.8 Å². The van der Waals surface area contributed by atoms with Crippen molar-refractivity contribution in [3.63, 3.8) is 0 Å². The molecule has 2 aromatic rings. The normalized spacial score (nSPS) is 18.7. The van der Waals surface area contributed by atoms with Crippen molar-refractivity contribution in [3.05, 3.63) is 41.2 Å². The third-order valence-electron chi connectivity index (χ3n) is 5.04. The highest BCUT2D eigenvalue weighted by Gasteiger charge is 2.37. The molecule has 1 aliphatic heterocycles. The lowest BCUT2D eigenvalue weighted by molar-refractivity contribution is -0.137. The van der Waals surface area contributed by atoms with Crippen molar-refractivity contribution in [1.29, 1.82) is 0 Å². The summed E-state index contributed by atoms with van der Waals surface area (Å²) in [5.74, 6) is 0.677. The van der Waals surface area contributed by atoms with E-state index in [0.29, 0.717) is 44.0 Å². The second-order valence-corrected chi connectivity index (χ2v) is 6.73. The average molecular weight is 369 g/mol. The summed E-state index contributed by atoms with van der Waals surface area (Å²) in [6, 6.07) is 5.50. The summed E-state index contributed by atoms with van der Waals surface area (Å²) >= 11 is 0. The minimum atomic E-state index is -4.35. The maximum Gasteiger partial charge on any atom is 0.416 e. The van der Waals surface area contributed by atoms with E-state index in [-0.39, 0.29) is 6.04 Å². The molecule has 1 aliphatic rings. The number of tetrazole rings is 1. The van der Waals surface area contributed by atoms with Crippen molar-refractivity contribution in [2.45, 2.75) is 37.4 Å². The molecule has 0 bridgehead atoms. The molecular weight excluding hydrogens is 347 g/mol. The molecule has 0 saturated carbocycles. The first-order valence-electron chi connectivity index (χ1n) is 8.53. The quantitative estimate of drug-likeness (QED) is 0.878. The molecular formula is C17H22F3N5O. The van der Waals surface area contributed by atoms with E-state index >= 15 is 0 Å². The van der Waals surface area contributed by atoms with Crippen molar-refractivity contribution in [2.24, 2.45) is 7.05 Å². The fourth-order valence-corrected chi connectivity index (χ4v) is 3.40. The second kappa shape index (κ2) is 7.32. The Bertz CT molecular complexity index is 740. The number of rotatable bonds is 5. The van der Waals surface area contributed by atoms with Gasteiger partial charge in [0.2, 0.25) is 0 Å². The van der Waals surface area contributed by atoms with E-state index in [0.717, 1.165) is 6.07 Å². The Morgan fingerprint density at radius 1 is 1.31 bits per heavy atom. The molecule has 2 heterocycles. The lowest BCUT2D eigenvalue weighted by atomic mass is 9.73. The minimum Gasteiger partial charge on any atom is -0.381 e. The summed E-state index contributed by atoms with van der Waals surface area (Å²) in [6.07, 6.45) is -3.04. The van der Waals surface area contributed by atoms with Gasteiger partial charge in [0.1, 0.15) is 0 Å². The molecule has 0 radical (unpaired) electrons. The van der Waals surface area contributed by atoms with Crippen LogP contribution in [0, 0.1) is 0 Å². The van der Waals surface area contributed by atoms with E-state index in [1.54, 1.807) is 17.8 Å². The van der Waals surface area contributed by atoms with Gasteiger partial charge in [-0.15, -0.1) is 5.10 Å². The van der Waals surface area contributed by atoms with Crippen molar-refractivity contribution in [3.8, 4) is 0 Å². The lowest BCUT2D eigenvalue weighted by Crippen LogP contribution is -2.44. The first-order chi connectivity index (χ1) is 12.3. The molecule has 1 N–H and O–H groups in total. The molecule has 0 amide bonds. The van der Waals surface area contributed by atoms with Crippen LogP contribution >= 0.6 is 0 Å². The van der Waals surface area contributed by atoms with Crippen LogP contribution in [-0.4, -0.2) is 40.0 Å². The number of benzene rings is 1. The zero-order chi connectivity index (χ0) is 18.8. The van der Waals surface area contributed by atoms with Gasteiger partial charge in [0.15, 0.2) is 5.82 Å². The topological polar surface area (TPSA) is 64.9 Å². The molecule has 1 aromatic carbocycles. The summed E-state index contributed by atoms with van der Waals surface area (Å²) in [4.78, 5) is 0. The van der Waals surface area contributed by atoms with E-state index < -0.39 is 17.2 Å². The molecule has 0 spiro atoms. The molecule has 1 aromatic heterocycles. The minimum absolute atomic E-state index is 0.125. The molecule has 1 fully saturated rings. The van der Waals surface area contributed by atoms with E-state index in [2.05, 4.69) is 20.8 Å². The van der Waals surface area contributed by atoms with Gasteiger partial charge in [0.25, 0.3) is 0 Å². The number of aryl methyl sites for hydroxylation is 1. The van der Waals surface area contributed by atoms with Gasteiger partial charge in [-0.05, 0) is 41.8 Å². The molecule has 1 unspecified atom stereocenters. The number of ether oxygens (including phenoxy) is 1. The summed E-state index contributed by atoms with van der Waals surface area (Å²) in [5.41, 5.74) is -0.349. The van der Waals surface area contributed by atoms with Crippen LogP contribution in [0.4, 0.5) is 13.2 Å². The van der Waals surface area contributed by atoms with E-state index in [4.69, 9.17) is 4.74 Å². The first-order valence-corrected chi connectivity index (χ1v) is 8.53. The third kappa shape index (κ3) is 3.88. The van der Waals surface area contributed by atoms with Gasteiger partial charge >= 0.3 is 6.18 Å². The molecule has 142 valence electrons. The summed E-state index contributed by atoms with van der Waals surface area (Å²) < 4.78 is 46.5. The highest BCUT2D eigenvalue weighted by atomic mass is 19.4. The Kier molecular flexibility index (Phi) is 5.29. The van der Waals surface area contributed by atoms with Crippen LogP contribution < -0.4 is 5.32 Å². The van der Waals surface area contributed by atoms with Crippen molar-refractivity contribution >= 4 is 0 Å². The monoisotopic (exact) mass is 369 g/mol. The van der Waals surface area contributed by atoms with Gasteiger partial charge in [0.05, 0.1) is 11.6 Å². The molecule has 0 aliphatic carbocycles. The molecule has 9 heteroatoms. The van der Waals surface area contributed by atoms with Crippen LogP contribution in [0.5, 0.6) is 0 Å². The number of hydrogen-bond acceptors (Lipinski definition) is 5. The van der Waals surface area contributed by atoms with Crippen molar-refractivity contribution in [2.75, 3.05) is 19.8 Å². The predicted octanol–water partition coefficient (Wildman–Crippen LogP) is 2.63. The van der Waals surface area contributed by atoms with Gasteiger partial charge < -0.3 is 10.1 Å². The van der Waals surface area contributed by atoms with Gasteiger partial charge in [-0.1, -0.05) is 18.2 Å². The van der Waals surface area contributed by atoms with Crippen LogP contribution in [-0.2, 0) is 23.4 Å². The molecule has 1 saturated heterocycles. The number of alkyl halides is 3. The lowest BCUT2D eigenvalue weighted by Gasteiger charge is -2.39. The Hall–Kier alpha value is -2.00. The smallest absolute Gasteiger partial charge is 0.381 e. The molecule has 6 nitrogen and oxygen atoms in total. The summed E-state index contributed by atoms with van der Waals surface area (Å²) in [6.45, 7) is 3.51. The Labute approximate surface area is 149 Å². The van der Waals surface area contributed by atoms with Crippen molar-refractivity contribution in [1.82, 2.24) is 25.5 Å². The Morgan fingerprint density at radius 3 is 2.65 bits per heavy atom. The third-order valence-corrected chi connectivity index (χ3v) is 5.04. The van der Waals surface area contributed by atoms with Crippen molar-refractivity contribution < 1.29 is 17.9 Å². The van der Waals surface area contributed by atoms with E-state index in [9.17, 15) is 13.2 Å². The fraction of sp³-hybridized carbons (Fsp3) is 0.588. The number of nitrogens with zero attached hydrogens (tertiary/aromatic N) is 4. The maximum absolute atomic E-state index is 13.1. The first kappa shape index (κ1) is 18.8. The maximum atomic E-state index is 13.1. The Morgan fingerprint density at radius 2 is 2.04 bits per heavy atom. The summed E-state index contributed by atoms with van der Waals surface area (Å²) in [7, 11) is 1.75. The SMILES string of the molecule is CC(NCC1(c2cccc(C(F)(F)F)c2)CCOCC1)c1nnnn1C. The number of halogens is 3. The van der Waals surface area contributed by atoms with E-state index in [1.807, 2.05) is 6.92 Å².